The summed E-state index contributed by atoms with van der Waals surface area (Å²) in [5.74, 6) is 4.21. The van der Waals surface area contributed by atoms with Gasteiger partial charge in [-0.15, -0.1) is 11.8 Å². The topological polar surface area (TPSA) is 54.2 Å². The fourth-order valence-corrected chi connectivity index (χ4v) is 2.36. The van der Waals surface area contributed by atoms with Gasteiger partial charge in [0, 0.05) is 18.4 Å². The Balaban J connectivity index is 2.61. The molecule has 0 saturated carbocycles. The first-order chi connectivity index (χ1) is 8.62. The number of rotatable bonds is 7. The fourth-order valence-electron chi connectivity index (χ4n) is 1.46. The average molecular weight is 276 g/mol. The van der Waals surface area contributed by atoms with Crippen LogP contribution in [0.4, 0.5) is 14.6 Å². The van der Waals surface area contributed by atoms with E-state index in [9.17, 15) is 8.78 Å². The molecule has 0 atom stereocenters. The van der Waals surface area contributed by atoms with E-state index < -0.39 is 11.6 Å². The molecule has 18 heavy (non-hydrogen) atoms. The predicted molar refractivity (Wildman–Crippen MR) is 70.5 cm³/mol. The second-order valence-electron chi connectivity index (χ2n) is 3.63. The number of anilines is 1. The number of hydrazine groups is 1. The van der Waals surface area contributed by atoms with Gasteiger partial charge in [-0.3, -0.25) is 0 Å². The largest absolute Gasteiger partial charge is 0.306 e. The monoisotopic (exact) mass is 276 g/mol. The molecule has 1 aromatic rings. The fraction of sp³-hybridized carbons (Fsp3) is 0.545. The molecular formula is C11H18F2N4S. The van der Waals surface area contributed by atoms with E-state index in [1.54, 1.807) is 0 Å². The molecular weight excluding hydrogens is 258 g/mol. The molecule has 0 aliphatic carbocycles. The van der Waals surface area contributed by atoms with Gasteiger partial charge < -0.3 is 10.3 Å². The molecule has 1 heterocycles. The van der Waals surface area contributed by atoms with Crippen LogP contribution in [0.2, 0.25) is 0 Å². The minimum Gasteiger partial charge on any atom is -0.306 e. The highest BCUT2D eigenvalue weighted by Gasteiger charge is 2.11. The molecule has 1 rings (SSSR count). The Kier molecular flexibility index (Phi) is 6.31. The van der Waals surface area contributed by atoms with Crippen molar-refractivity contribution < 1.29 is 8.78 Å². The van der Waals surface area contributed by atoms with Crippen molar-refractivity contribution in [3.63, 3.8) is 0 Å². The van der Waals surface area contributed by atoms with Crippen molar-refractivity contribution in [3.8, 4) is 0 Å². The molecule has 0 spiro atoms. The maximum Gasteiger partial charge on any atom is 0.177 e. The summed E-state index contributed by atoms with van der Waals surface area (Å²) in [6.45, 7) is 6.88. The van der Waals surface area contributed by atoms with E-state index in [4.69, 9.17) is 5.84 Å². The van der Waals surface area contributed by atoms with Crippen LogP contribution in [0.5, 0.6) is 0 Å². The molecule has 0 saturated heterocycles. The first kappa shape index (κ1) is 15.1. The lowest BCUT2D eigenvalue weighted by Gasteiger charge is -2.17. The van der Waals surface area contributed by atoms with Crippen molar-refractivity contribution in [1.82, 2.24) is 9.88 Å². The van der Waals surface area contributed by atoms with Gasteiger partial charge in [0.15, 0.2) is 17.5 Å². The van der Waals surface area contributed by atoms with Gasteiger partial charge in [0.25, 0.3) is 0 Å². The first-order valence-electron chi connectivity index (χ1n) is 5.80. The lowest BCUT2D eigenvalue weighted by molar-refractivity contribution is 0.324. The Morgan fingerprint density at radius 2 is 2.00 bits per heavy atom. The Labute approximate surface area is 110 Å². The summed E-state index contributed by atoms with van der Waals surface area (Å²) in [6, 6.07) is 0.794. The van der Waals surface area contributed by atoms with Crippen molar-refractivity contribution in [3.05, 3.63) is 17.7 Å². The normalized spacial score (nSPS) is 11.0. The summed E-state index contributed by atoms with van der Waals surface area (Å²) >= 11 is 1.25. The summed E-state index contributed by atoms with van der Waals surface area (Å²) in [6.07, 6.45) is 0. The van der Waals surface area contributed by atoms with Gasteiger partial charge >= 0.3 is 0 Å². The minimum atomic E-state index is -0.789. The molecule has 7 heteroatoms. The minimum absolute atomic E-state index is 0.137. The van der Waals surface area contributed by atoms with Crippen molar-refractivity contribution in [2.75, 3.05) is 30.8 Å². The standard InChI is InChI=1S/C11H18F2N4S/c1-3-17(4-2)5-6-18-11-9(13)7-8(12)10(15-11)16-14/h7H,3-6,14H2,1-2H3,(H,15,16). The second kappa shape index (κ2) is 7.50. The van der Waals surface area contributed by atoms with Crippen LogP contribution in [-0.4, -0.2) is 35.3 Å². The van der Waals surface area contributed by atoms with Crippen molar-refractivity contribution >= 4 is 17.6 Å². The third-order valence-electron chi connectivity index (χ3n) is 2.57. The molecule has 0 radical (unpaired) electrons. The molecule has 0 aliphatic rings. The van der Waals surface area contributed by atoms with E-state index >= 15 is 0 Å². The molecule has 0 unspecified atom stereocenters. The average Bonchev–Trinajstić information content (AvgIpc) is 2.37. The van der Waals surface area contributed by atoms with Crippen LogP contribution in [-0.2, 0) is 0 Å². The van der Waals surface area contributed by atoms with Gasteiger partial charge in [0.1, 0.15) is 5.03 Å². The Hall–Kier alpha value is -0.920. The number of nitrogens with two attached hydrogens (primary N) is 1. The lowest BCUT2D eigenvalue weighted by Crippen LogP contribution is -2.25. The summed E-state index contributed by atoms with van der Waals surface area (Å²) < 4.78 is 26.6. The number of nitrogens with zero attached hydrogens (tertiary/aromatic N) is 2. The highest BCUT2D eigenvalue weighted by atomic mass is 32.2. The van der Waals surface area contributed by atoms with Crippen LogP contribution >= 0.6 is 11.8 Å². The number of nitrogens with one attached hydrogen (secondary N) is 1. The van der Waals surface area contributed by atoms with Gasteiger partial charge in [-0.2, -0.15) is 0 Å². The molecule has 3 N–H and O–H groups in total. The smallest absolute Gasteiger partial charge is 0.177 e. The number of pyridine rings is 1. The molecule has 0 bridgehead atoms. The SMILES string of the molecule is CCN(CC)CCSc1nc(NN)c(F)cc1F. The number of hydrogen-bond acceptors (Lipinski definition) is 5. The molecule has 4 nitrogen and oxygen atoms in total. The lowest BCUT2D eigenvalue weighted by atomic mass is 10.4. The van der Waals surface area contributed by atoms with Gasteiger partial charge in [-0.05, 0) is 13.1 Å². The Morgan fingerprint density at radius 1 is 1.33 bits per heavy atom. The van der Waals surface area contributed by atoms with Crippen molar-refractivity contribution in [2.24, 2.45) is 5.84 Å². The molecule has 102 valence electrons. The number of thioether (sulfide) groups is 1. The molecule has 0 aliphatic heterocycles. The van der Waals surface area contributed by atoms with Crippen molar-refractivity contribution in [2.45, 2.75) is 18.9 Å². The van der Waals surface area contributed by atoms with E-state index in [0.29, 0.717) is 5.75 Å². The summed E-state index contributed by atoms with van der Waals surface area (Å²) in [4.78, 5) is 6.02. The highest BCUT2D eigenvalue weighted by molar-refractivity contribution is 7.99. The van der Waals surface area contributed by atoms with E-state index in [-0.39, 0.29) is 10.8 Å². The zero-order valence-electron chi connectivity index (χ0n) is 10.5. The van der Waals surface area contributed by atoms with E-state index in [2.05, 4.69) is 29.2 Å². The number of hydrogen-bond donors (Lipinski definition) is 2. The predicted octanol–water partition coefficient (Wildman–Crippen LogP) is 2.08. The summed E-state index contributed by atoms with van der Waals surface area (Å²) in [5.41, 5.74) is 2.11. The molecule has 1 aromatic heterocycles. The number of nitrogen functional groups attached to an aromatic ring is 1. The second-order valence-corrected chi connectivity index (χ2v) is 4.71. The quantitative estimate of drug-likeness (QED) is 0.454. The van der Waals surface area contributed by atoms with Crippen LogP contribution in [0.15, 0.2) is 11.1 Å². The Morgan fingerprint density at radius 3 is 2.56 bits per heavy atom. The van der Waals surface area contributed by atoms with E-state index in [0.717, 1.165) is 25.7 Å². The van der Waals surface area contributed by atoms with E-state index in [1.807, 2.05) is 0 Å². The Bertz CT molecular complexity index is 386. The van der Waals surface area contributed by atoms with Gasteiger partial charge in [-0.25, -0.2) is 19.6 Å². The van der Waals surface area contributed by atoms with Crippen LogP contribution in [0.1, 0.15) is 13.8 Å². The summed E-state index contributed by atoms with van der Waals surface area (Å²) in [7, 11) is 0. The van der Waals surface area contributed by atoms with Crippen LogP contribution in [0, 0.1) is 11.6 Å². The zero-order chi connectivity index (χ0) is 13.5. The number of aromatic nitrogens is 1. The van der Waals surface area contributed by atoms with Crippen LogP contribution in [0.25, 0.3) is 0 Å². The summed E-state index contributed by atoms with van der Waals surface area (Å²) in [5, 5.41) is 0.163. The zero-order valence-corrected chi connectivity index (χ0v) is 11.4. The third kappa shape index (κ3) is 4.08. The highest BCUT2D eigenvalue weighted by Crippen LogP contribution is 2.23. The maximum absolute atomic E-state index is 13.4. The first-order valence-corrected chi connectivity index (χ1v) is 6.78. The van der Waals surface area contributed by atoms with E-state index in [1.165, 1.54) is 11.8 Å². The van der Waals surface area contributed by atoms with Crippen molar-refractivity contribution in [1.29, 1.82) is 0 Å². The molecule has 0 aromatic carbocycles. The molecule has 0 amide bonds. The third-order valence-corrected chi connectivity index (χ3v) is 3.52. The maximum atomic E-state index is 13.4. The van der Waals surface area contributed by atoms with Gasteiger partial charge in [0.05, 0.1) is 0 Å². The number of halogens is 2. The molecule has 0 fully saturated rings. The van der Waals surface area contributed by atoms with Crippen LogP contribution in [0.3, 0.4) is 0 Å². The van der Waals surface area contributed by atoms with Crippen LogP contribution < -0.4 is 11.3 Å². The van der Waals surface area contributed by atoms with Gasteiger partial charge in [-0.1, -0.05) is 13.8 Å². The van der Waals surface area contributed by atoms with Gasteiger partial charge in [0.2, 0.25) is 0 Å².